The molecule has 2 atom stereocenters. The number of ether oxygens (including phenoxy) is 2. The Morgan fingerprint density at radius 2 is 0.907 bits per heavy atom. The first-order chi connectivity index (χ1) is 40.4. The molecule has 0 saturated carbocycles. The van der Waals surface area contributed by atoms with Gasteiger partial charge in [0.2, 0.25) is 0 Å². The number of unbranched alkanes of at least 4 members (excludes halogenated alkanes) is 1. The highest BCUT2D eigenvalue weighted by Crippen LogP contribution is 2.31. The number of halogens is 20. The lowest BCUT2D eigenvalue weighted by Gasteiger charge is -2.44. The molecule has 0 aromatic heterocycles. The highest BCUT2D eigenvalue weighted by molar-refractivity contribution is 7.95. The van der Waals surface area contributed by atoms with Crippen molar-refractivity contribution in [2.24, 2.45) is 5.92 Å². The number of aliphatic hydroxyl groups excluding tert-OH is 1. The molecule has 7 aromatic carbocycles. The summed E-state index contributed by atoms with van der Waals surface area (Å²) >= 11 is 0. The minimum atomic E-state index is -7.22. The van der Waals surface area contributed by atoms with E-state index < -0.39 is 144 Å². The highest BCUT2D eigenvalue weighted by Gasteiger charge is 2.52. The lowest BCUT2D eigenvalue weighted by molar-refractivity contribution is -0.139. The van der Waals surface area contributed by atoms with Crippen LogP contribution in [0.5, 0.6) is 5.75 Å². The first-order valence-corrected chi connectivity index (χ1v) is 27.0. The molecule has 0 heterocycles. The van der Waals surface area contributed by atoms with Gasteiger partial charge in [0, 0.05) is 29.5 Å². The molecule has 0 spiro atoms. The Hall–Kier alpha value is -7.81. The van der Waals surface area contributed by atoms with Crippen molar-refractivity contribution < 1.29 is 112 Å². The van der Waals surface area contributed by atoms with Gasteiger partial charge in [-0.2, -0.15) is 0 Å². The van der Waals surface area contributed by atoms with E-state index in [2.05, 4.69) is 51.3 Å². The largest absolute Gasteiger partial charge is 0.462 e. The van der Waals surface area contributed by atoms with E-state index in [1.54, 1.807) is 6.08 Å². The SMILES string of the molecule is CC(=O)Oc1ccc([S+](C)Cc2ccccc2C)cc1.CCCCC(CC)COC(=O)/C=C/c1ccc(CO)cc1.Fc1c(F)c(F)c([B-](c2c(F)c(F)c(F)c(F)c2F)(c2c(F)c(F)c(F)c(F)c2F)c2c(F)c(F)c(F)c(F)c2F)c(F)c1F. The summed E-state index contributed by atoms with van der Waals surface area (Å²) in [5, 5.41) is 8.96. The molecule has 5 nitrogen and oxygen atoms in total. The summed E-state index contributed by atoms with van der Waals surface area (Å²) < 4.78 is 304. The summed E-state index contributed by atoms with van der Waals surface area (Å²) in [4.78, 5) is 23.9. The maximum Gasteiger partial charge on any atom is 0.330 e. The summed E-state index contributed by atoms with van der Waals surface area (Å²) in [6.45, 7) is 8.40. The molecule has 0 aliphatic rings. The van der Waals surface area contributed by atoms with Crippen molar-refractivity contribution >= 4 is 56.9 Å². The lowest BCUT2D eigenvalue weighted by Crippen LogP contribution is -2.81. The Morgan fingerprint density at radius 1 is 0.535 bits per heavy atom. The maximum absolute atomic E-state index is 15.4. The fourth-order valence-corrected chi connectivity index (χ4v) is 10.5. The van der Waals surface area contributed by atoms with E-state index in [4.69, 9.17) is 14.6 Å². The van der Waals surface area contributed by atoms with Crippen molar-refractivity contribution in [1.82, 2.24) is 0 Å². The van der Waals surface area contributed by atoms with E-state index >= 15 is 35.1 Å². The fraction of sp³-hybridized carbons (Fsp3) is 0.220. The standard InChI is InChI=1S/C24BF20.C18H26O3.C17H19O2S/c26-5-1(6(27)14(35)21(42)13(5)34)25(2-7(28)15(36)22(43)16(37)8(2)29,3-9(30)17(38)23(44)18(39)10(3)31)4-11(32)19(40)24(45)20(41)12(4)33;1-3-5-6-15(4-2)14-21-18(20)12-11-16-7-9-17(13-19)10-8-16;1-13-6-4-5-7-15(13)12-20(3)17-10-8-16(9-11-17)19-14(2)18/h;7-12,15,19H,3-6,13-14H2,1-2H3;4-11H,12H2,1-3H3/q-1;;+1/b;12-11+;. The van der Waals surface area contributed by atoms with Crippen molar-refractivity contribution in [1.29, 1.82) is 0 Å². The van der Waals surface area contributed by atoms with Gasteiger partial charge < -0.3 is 14.6 Å². The van der Waals surface area contributed by atoms with Crippen LogP contribution < -0.4 is 26.6 Å². The predicted octanol–water partition coefficient (Wildman–Crippen LogP) is 13.5. The van der Waals surface area contributed by atoms with Gasteiger partial charge in [-0.05, 0) is 66.3 Å². The summed E-state index contributed by atoms with van der Waals surface area (Å²) in [7, 11) is 0.144. The van der Waals surface area contributed by atoms with Gasteiger partial charge in [-0.3, -0.25) is 4.79 Å². The van der Waals surface area contributed by atoms with Crippen LogP contribution in [0.4, 0.5) is 87.8 Å². The van der Waals surface area contributed by atoms with Crippen LogP contribution in [-0.4, -0.2) is 36.1 Å². The third-order valence-electron chi connectivity index (χ3n) is 13.4. The minimum absolute atomic E-state index is 0.0300. The van der Waals surface area contributed by atoms with E-state index in [1.807, 2.05) is 48.5 Å². The van der Waals surface area contributed by atoms with E-state index in [9.17, 15) is 62.3 Å². The Kier molecular flexibility index (Phi) is 23.7. The molecule has 1 N–H and O–H groups in total. The molecule has 7 aromatic rings. The third kappa shape index (κ3) is 14.4. The minimum Gasteiger partial charge on any atom is -0.462 e. The summed E-state index contributed by atoms with van der Waals surface area (Å²) in [6, 6.07) is 23.7. The number of benzene rings is 7. The van der Waals surface area contributed by atoms with Gasteiger partial charge in [0.25, 0.3) is 0 Å². The summed E-state index contributed by atoms with van der Waals surface area (Å²) in [5.74, 6) is -69.9. The monoisotopic (exact) mass is 1260 g/mol. The number of rotatable bonds is 17. The zero-order valence-electron chi connectivity index (χ0n) is 45.2. The molecule has 2 unspecified atom stereocenters. The second-order valence-corrected chi connectivity index (χ2v) is 20.9. The van der Waals surface area contributed by atoms with Crippen LogP contribution in [0.25, 0.3) is 6.08 Å². The van der Waals surface area contributed by atoms with Crippen molar-refractivity contribution in [2.75, 3.05) is 12.9 Å². The second-order valence-electron chi connectivity index (χ2n) is 18.9. The molecular formula is C59H45BF20O5S. The number of carbonyl (C=O) groups is 2. The smallest absolute Gasteiger partial charge is 0.330 e. The number of esters is 2. The average molecular weight is 1260 g/mol. The Morgan fingerprint density at radius 3 is 1.24 bits per heavy atom. The van der Waals surface area contributed by atoms with Crippen molar-refractivity contribution in [3.63, 3.8) is 0 Å². The highest BCUT2D eigenvalue weighted by atomic mass is 32.2. The van der Waals surface area contributed by atoms with Crippen LogP contribution in [0.15, 0.2) is 83.8 Å². The van der Waals surface area contributed by atoms with Gasteiger partial charge in [0.05, 0.1) is 13.2 Å². The molecule has 0 amide bonds. The van der Waals surface area contributed by atoms with Gasteiger partial charge in [0.1, 0.15) is 70.4 Å². The molecule has 0 aliphatic carbocycles. The summed E-state index contributed by atoms with van der Waals surface area (Å²) in [5.41, 5.74) is -9.83. The third-order valence-corrected chi connectivity index (χ3v) is 15.2. The van der Waals surface area contributed by atoms with Crippen molar-refractivity contribution in [3.05, 3.63) is 217 Å². The van der Waals surface area contributed by atoms with E-state index in [0.29, 0.717) is 18.3 Å². The first-order valence-electron chi connectivity index (χ1n) is 25.2. The zero-order chi connectivity index (χ0) is 64.4. The van der Waals surface area contributed by atoms with Gasteiger partial charge in [-0.25, -0.2) is 92.6 Å². The first kappa shape index (κ1) is 69.0. The fourth-order valence-electron chi connectivity index (χ4n) is 8.91. The topological polar surface area (TPSA) is 72.8 Å². The maximum atomic E-state index is 15.4. The normalized spacial score (nSPS) is 12.1. The zero-order valence-corrected chi connectivity index (χ0v) is 46.1. The molecule has 0 bridgehead atoms. The van der Waals surface area contributed by atoms with Crippen LogP contribution in [0, 0.1) is 129 Å². The number of carbonyl (C=O) groups excluding carboxylic acids is 2. The van der Waals surface area contributed by atoms with Crippen LogP contribution in [0.3, 0.4) is 0 Å². The molecular weight excluding hydrogens is 1210 g/mol. The molecule has 27 heteroatoms. The quantitative estimate of drug-likeness (QED) is 0.0144. The Bertz CT molecular complexity index is 3280. The van der Waals surface area contributed by atoms with Crippen LogP contribution >= 0.6 is 0 Å². The van der Waals surface area contributed by atoms with Gasteiger partial charge in [-0.15, -0.1) is 21.9 Å². The molecule has 0 fully saturated rings. The lowest BCUT2D eigenvalue weighted by atomic mass is 9.12. The van der Waals surface area contributed by atoms with Gasteiger partial charge >= 0.3 is 11.9 Å². The number of aliphatic hydroxyl groups is 1. The number of hydrogen-bond acceptors (Lipinski definition) is 5. The van der Waals surface area contributed by atoms with E-state index in [-0.39, 0.29) is 29.4 Å². The second kappa shape index (κ2) is 29.5. The van der Waals surface area contributed by atoms with E-state index in [1.165, 1.54) is 41.9 Å². The number of hydrogen-bond donors (Lipinski definition) is 1. The van der Waals surface area contributed by atoms with Crippen LogP contribution in [0.2, 0.25) is 0 Å². The van der Waals surface area contributed by atoms with Crippen LogP contribution in [-0.2, 0) is 37.6 Å². The van der Waals surface area contributed by atoms with Crippen molar-refractivity contribution in [2.45, 2.75) is 70.6 Å². The molecule has 7 rings (SSSR count). The number of aryl methyl sites for hydroxylation is 1. The molecule has 0 aliphatic heterocycles. The Balaban J connectivity index is 0.000000272. The molecule has 0 saturated heterocycles. The van der Waals surface area contributed by atoms with Gasteiger partial charge in [-0.1, -0.05) is 81.6 Å². The summed E-state index contributed by atoms with van der Waals surface area (Å²) in [6.07, 6.45) is 2.74. The molecule has 0 radical (unpaired) electrons. The average Bonchev–Trinajstić information content (AvgIpc) is 0.695. The Labute approximate surface area is 480 Å². The van der Waals surface area contributed by atoms with E-state index in [0.717, 1.165) is 29.7 Å². The van der Waals surface area contributed by atoms with Gasteiger partial charge in [0.15, 0.2) is 74.7 Å². The predicted molar refractivity (Wildman–Crippen MR) is 279 cm³/mol. The molecule has 460 valence electrons. The molecule has 86 heavy (non-hydrogen) atoms. The van der Waals surface area contributed by atoms with Crippen molar-refractivity contribution in [3.8, 4) is 5.75 Å². The van der Waals surface area contributed by atoms with Crippen LogP contribution in [0.1, 0.15) is 68.7 Å².